The van der Waals surface area contributed by atoms with Crippen molar-refractivity contribution in [2.75, 3.05) is 14.2 Å². The van der Waals surface area contributed by atoms with Gasteiger partial charge in [-0.25, -0.2) is 8.78 Å². The second-order valence-electron chi connectivity index (χ2n) is 5.67. The third-order valence-corrected chi connectivity index (χ3v) is 5.13. The number of methoxy groups -OCH3 is 2. The van der Waals surface area contributed by atoms with Gasteiger partial charge < -0.3 is 14.0 Å². The smallest absolute Gasteiger partial charge is 0.236 e. The molecule has 0 bridgehead atoms. The highest BCUT2D eigenvalue weighted by molar-refractivity contribution is 7.98. The molecule has 0 spiro atoms. The zero-order chi connectivity index (χ0) is 19.4. The van der Waals surface area contributed by atoms with Crippen LogP contribution in [0.1, 0.15) is 23.6 Å². The lowest BCUT2D eigenvalue weighted by molar-refractivity contribution is 0.388. The van der Waals surface area contributed by atoms with E-state index in [0.29, 0.717) is 34.5 Å². The number of hydrogen-bond acceptors (Lipinski definition) is 6. The molecule has 0 aliphatic rings. The predicted octanol–water partition coefficient (Wildman–Crippen LogP) is 5.03. The minimum Gasteiger partial charge on any atom is -0.497 e. The summed E-state index contributed by atoms with van der Waals surface area (Å²) in [6.45, 7) is 1.73. The average molecular weight is 392 g/mol. The molecule has 0 aliphatic carbocycles. The van der Waals surface area contributed by atoms with Crippen LogP contribution in [0, 0.1) is 11.6 Å². The molecule has 1 atom stereocenters. The van der Waals surface area contributed by atoms with Gasteiger partial charge in [-0.2, -0.15) is 4.98 Å². The summed E-state index contributed by atoms with van der Waals surface area (Å²) >= 11 is 1.31. The lowest BCUT2D eigenvalue weighted by Gasteiger charge is -2.12. The molecular formula is C19H18F2N2O3S. The second kappa shape index (κ2) is 8.39. The van der Waals surface area contributed by atoms with E-state index in [1.54, 1.807) is 39.3 Å². The highest BCUT2D eigenvalue weighted by Gasteiger charge is 2.19. The minimum absolute atomic E-state index is 0.0408. The van der Waals surface area contributed by atoms with Crippen molar-refractivity contribution in [2.45, 2.75) is 17.9 Å². The summed E-state index contributed by atoms with van der Waals surface area (Å²) in [5.74, 6) is 1.12. The lowest BCUT2D eigenvalue weighted by Crippen LogP contribution is -1.98. The van der Waals surface area contributed by atoms with Gasteiger partial charge in [0, 0.05) is 16.9 Å². The zero-order valence-electron chi connectivity index (χ0n) is 15.0. The van der Waals surface area contributed by atoms with Gasteiger partial charge in [0.25, 0.3) is 0 Å². The number of halogens is 2. The fourth-order valence-corrected chi connectivity index (χ4v) is 3.49. The molecule has 3 aromatic rings. The van der Waals surface area contributed by atoms with Crippen LogP contribution >= 0.6 is 11.8 Å². The summed E-state index contributed by atoms with van der Waals surface area (Å²) in [7, 11) is 3.11. The Morgan fingerprint density at radius 1 is 1.11 bits per heavy atom. The fourth-order valence-electron chi connectivity index (χ4n) is 2.58. The van der Waals surface area contributed by atoms with E-state index in [4.69, 9.17) is 14.0 Å². The Balaban J connectivity index is 1.73. The van der Waals surface area contributed by atoms with Gasteiger partial charge in [-0.15, -0.1) is 11.8 Å². The third kappa shape index (κ3) is 4.21. The molecule has 5 nitrogen and oxygen atoms in total. The van der Waals surface area contributed by atoms with Crippen LogP contribution in [0.25, 0.3) is 11.4 Å². The molecule has 2 aromatic carbocycles. The Morgan fingerprint density at radius 2 is 1.85 bits per heavy atom. The summed E-state index contributed by atoms with van der Waals surface area (Å²) in [6.07, 6.45) is 0. The highest BCUT2D eigenvalue weighted by Crippen LogP contribution is 2.35. The Labute approximate surface area is 159 Å². The Morgan fingerprint density at radius 3 is 2.52 bits per heavy atom. The molecule has 0 saturated carbocycles. The number of thioether (sulfide) groups is 1. The van der Waals surface area contributed by atoms with Gasteiger partial charge in [-0.1, -0.05) is 11.2 Å². The van der Waals surface area contributed by atoms with Gasteiger partial charge in [0.05, 0.1) is 25.5 Å². The van der Waals surface area contributed by atoms with E-state index in [0.717, 1.165) is 0 Å². The van der Waals surface area contributed by atoms with Crippen molar-refractivity contribution in [3.05, 3.63) is 59.5 Å². The average Bonchev–Trinajstić information content (AvgIpc) is 3.14. The number of aromatic nitrogens is 2. The first-order valence-electron chi connectivity index (χ1n) is 8.14. The number of ether oxygens (including phenoxy) is 2. The molecule has 1 unspecified atom stereocenters. The van der Waals surface area contributed by atoms with Crippen molar-refractivity contribution in [3.63, 3.8) is 0 Å². The SMILES string of the molecule is COc1ccc(-c2noc(CSC(C)c3c(F)cccc3F)n2)c(OC)c1. The summed E-state index contributed by atoms with van der Waals surface area (Å²) in [6, 6.07) is 9.11. The van der Waals surface area contributed by atoms with Crippen molar-refractivity contribution in [1.29, 1.82) is 0 Å². The van der Waals surface area contributed by atoms with Crippen molar-refractivity contribution in [2.24, 2.45) is 0 Å². The molecule has 1 heterocycles. The van der Waals surface area contributed by atoms with Gasteiger partial charge in [-0.3, -0.25) is 0 Å². The number of benzene rings is 2. The first kappa shape index (κ1) is 19.2. The van der Waals surface area contributed by atoms with E-state index < -0.39 is 16.9 Å². The topological polar surface area (TPSA) is 57.4 Å². The van der Waals surface area contributed by atoms with E-state index in [9.17, 15) is 8.78 Å². The van der Waals surface area contributed by atoms with Gasteiger partial charge in [0.2, 0.25) is 11.7 Å². The molecule has 3 rings (SSSR count). The first-order chi connectivity index (χ1) is 13.0. The van der Waals surface area contributed by atoms with Crippen LogP contribution in [0.5, 0.6) is 11.5 Å². The normalized spacial score (nSPS) is 12.0. The predicted molar refractivity (Wildman–Crippen MR) is 98.9 cm³/mol. The molecule has 0 N–H and O–H groups in total. The largest absolute Gasteiger partial charge is 0.497 e. The monoisotopic (exact) mass is 392 g/mol. The molecule has 0 saturated heterocycles. The number of nitrogens with zero attached hydrogens (tertiary/aromatic N) is 2. The maximum absolute atomic E-state index is 13.9. The van der Waals surface area contributed by atoms with Crippen LogP contribution in [0.2, 0.25) is 0 Å². The summed E-state index contributed by atoms with van der Waals surface area (Å²) < 4.78 is 43.5. The van der Waals surface area contributed by atoms with Crippen molar-refractivity contribution in [3.8, 4) is 22.9 Å². The molecule has 0 aliphatic heterocycles. The molecular weight excluding hydrogens is 374 g/mol. The van der Waals surface area contributed by atoms with E-state index in [1.165, 1.54) is 30.0 Å². The van der Waals surface area contributed by atoms with Crippen molar-refractivity contribution < 1.29 is 22.8 Å². The highest BCUT2D eigenvalue weighted by atomic mass is 32.2. The van der Waals surface area contributed by atoms with Gasteiger partial charge in [-0.05, 0) is 31.2 Å². The molecule has 8 heteroatoms. The van der Waals surface area contributed by atoms with Crippen LogP contribution in [-0.2, 0) is 5.75 Å². The standard InChI is InChI=1S/C19H18F2N2O3S/c1-11(18-14(20)5-4-6-15(18)21)27-10-17-22-19(23-26-17)13-8-7-12(24-2)9-16(13)25-3/h4-9,11H,10H2,1-3H3. The molecule has 0 amide bonds. The Hall–Kier alpha value is -2.61. The molecule has 0 radical (unpaired) electrons. The summed E-state index contributed by atoms with van der Waals surface area (Å²) in [4.78, 5) is 4.35. The summed E-state index contributed by atoms with van der Waals surface area (Å²) in [5.41, 5.74) is 0.700. The van der Waals surface area contributed by atoms with Gasteiger partial charge in [0.1, 0.15) is 23.1 Å². The Kier molecular flexibility index (Phi) is 5.95. The molecule has 0 fully saturated rings. The van der Waals surface area contributed by atoms with E-state index in [1.807, 2.05) is 0 Å². The van der Waals surface area contributed by atoms with Crippen LogP contribution in [0.15, 0.2) is 40.9 Å². The minimum atomic E-state index is -0.566. The van der Waals surface area contributed by atoms with Gasteiger partial charge >= 0.3 is 0 Å². The first-order valence-corrected chi connectivity index (χ1v) is 9.18. The van der Waals surface area contributed by atoms with Gasteiger partial charge in [0.15, 0.2) is 0 Å². The Bertz CT molecular complexity index is 913. The summed E-state index contributed by atoms with van der Waals surface area (Å²) in [5, 5.41) is 3.56. The van der Waals surface area contributed by atoms with E-state index in [-0.39, 0.29) is 5.56 Å². The van der Waals surface area contributed by atoms with E-state index >= 15 is 0 Å². The second-order valence-corrected chi connectivity index (χ2v) is 7.00. The maximum atomic E-state index is 13.9. The fraction of sp³-hybridized carbons (Fsp3) is 0.263. The number of hydrogen-bond donors (Lipinski definition) is 0. The molecule has 27 heavy (non-hydrogen) atoms. The van der Waals surface area contributed by atoms with Crippen LogP contribution in [-0.4, -0.2) is 24.4 Å². The van der Waals surface area contributed by atoms with Crippen molar-refractivity contribution >= 4 is 11.8 Å². The number of rotatable bonds is 7. The van der Waals surface area contributed by atoms with Crippen LogP contribution in [0.4, 0.5) is 8.78 Å². The molecule has 142 valence electrons. The quantitative estimate of drug-likeness (QED) is 0.562. The lowest BCUT2D eigenvalue weighted by atomic mass is 10.1. The van der Waals surface area contributed by atoms with Crippen LogP contribution in [0.3, 0.4) is 0 Å². The van der Waals surface area contributed by atoms with Crippen LogP contribution < -0.4 is 9.47 Å². The zero-order valence-corrected chi connectivity index (χ0v) is 15.8. The van der Waals surface area contributed by atoms with Crippen molar-refractivity contribution in [1.82, 2.24) is 10.1 Å². The molecule has 1 aromatic heterocycles. The third-order valence-electron chi connectivity index (χ3n) is 3.98. The maximum Gasteiger partial charge on any atom is 0.236 e. The van der Waals surface area contributed by atoms with E-state index in [2.05, 4.69) is 10.1 Å².